The average Bonchev–Trinajstić information content (AvgIpc) is 2.73. The monoisotopic (exact) mass is 282 g/mol. The van der Waals surface area contributed by atoms with E-state index in [1.54, 1.807) is 0 Å². The summed E-state index contributed by atoms with van der Waals surface area (Å²) in [6.07, 6.45) is 4.07. The Morgan fingerprint density at radius 1 is 0.900 bits per heavy atom. The van der Waals surface area contributed by atoms with E-state index in [4.69, 9.17) is 0 Å². The minimum Gasteiger partial charge on any atom is -0.237 e. The number of imidazole rings is 2. The van der Waals surface area contributed by atoms with Gasteiger partial charge in [0.15, 0.2) is 0 Å². The number of aryl methyl sites for hydroxylation is 2. The maximum atomic E-state index is 2.20. The Morgan fingerprint density at radius 2 is 1.40 bits per heavy atom. The molecule has 0 atom stereocenters. The van der Waals surface area contributed by atoms with Gasteiger partial charge in [-0.05, 0) is 0 Å². The van der Waals surface area contributed by atoms with Crippen LogP contribution in [0.15, 0.2) is 12.4 Å². The summed E-state index contributed by atoms with van der Waals surface area (Å²) in [4.78, 5) is 0. The molecule has 2 heterocycles. The van der Waals surface area contributed by atoms with Gasteiger partial charge < -0.3 is 0 Å². The lowest BCUT2D eigenvalue weighted by Crippen LogP contribution is -2.32. The summed E-state index contributed by atoms with van der Waals surface area (Å²) in [5.74, 6) is 2.57. The molecule has 0 N–H and O–H groups in total. The molecule has 20 heavy (non-hydrogen) atoms. The first kappa shape index (κ1) is 20.7. The van der Waals surface area contributed by atoms with Crippen LogP contribution in [0.5, 0.6) is 0 Å². The van der Waals surface area contributed by atoms with E-state index in [-0.39, 0.29) is 14.9 Å². The third-order valence-corrected chi connectivity index (χ3v) is 4.04. The summed E-state index contributed by atoms with van der Waals surface area (Å²) in [6, 6.07) is 0. The number of hydrogen-bond acceptors (Lipinski definition) is 0. The predicted molar refractivity (Wildman–Crippen MR) is 85.6 cm³/mol. The number of hydrogen-bond donors (Lipinski definition) is 0. The lowest BCUT2D eigenvalue weighted by Gasteiger charge is -1.87. The van der Waals surface area contributed by atoms with E-state index in [1.807, 2.05) is 26.5 Å². The van der Waals surface area contributed by atoms with Gasteiger partial charge in [0.2, 0.25) is 0 Å². The normalized spacial score (nSPS) is 9.20. The molecular formula is C16H34N4+2. The van der Waals surface area contributed by atoms with Gasteiger partial charge in [-0.15, -0.1) is 0 Å². The Labute approximate surface area is 125 Å². The fourth-order valence-electron chi connectivity index (χ4n) is 1.86. The van der Waals surface area contributed by atoms with E-state index in [2.05, 4.69) is 60.1 Å². The van der Waals surface area contributed by atoms with Crippen molar-refractivity contribution in [2.24, 2.45) is 28.2 Å². The van der Waals surface area contributed by atoms with E-state index < -0.39 is 0 Å². The Kier molecular flexibility index (Phi) is 8.16. The molecule has 0 saturated heterocycles. The van der Waals surface area contributed by atoms with Gasteiger partial charge in [-0.25, -0.2) is 18.3 Å². The fraction of sp³-hybridized carbons (Fsp3) is 0.625. The molecule has 116 valence electrons. The summed E-state index contributed by atoms with van der Waals surface area (Å²) in [6.45, 7) is 8.49. The predicted octanol–water partition coefficient (Wildman–Crippen LogP) is 2.21. The van der Waals surface area contributed by atoms with Gasteiger partial charge in [0, 0.05) is 27.7 Å². The summed E-state index contributed by atoms with van der Waals surface area (Å²) >= 11 is 0. The van der Waals surface area contributed by atoms with Crippen LogP contribution in [-0.4, -0.2) is 9.13 Å². The molecule has 2 aromatic heterocycles. The van der Waals surface area contributed by atoms with Gasteiger partial charge in [0.05, 0.1) is 28.2 Å². The van der Waals surface area contributed by atoms with Crippen LogP contribution in [0.2, 0.25) is 0 Å². The van der Waals surface area contributed by atoms with Gasteiger partial charge in [0.25, 0.3) is 11.6 Å². The van der Waals surface area contributed by atoms with E-state index in [0.29, 0.717) is 0 Å². The molecule has 0 spiro atoms. The minimum absolute atomic E-state index is 0. The van der Waals surface area contributed by atoms with Crippen molar-refractivity contribution >= 4 is 0 Å². The number of aromatic nitrogens is 4. The second-order valence-electron chi connectivity index (χ2n) is 4.90. The van der Waals surface area contributed by atoms with Crippen molar-refractivity contribution in [1.82, 2.24) is 9.13 Å². The van der Waals surface area contributed by atoms with Crippen molar-refractivity contribution in [3.63, 3.8) is 0 Å². The molecule has 0 unspecified atom stereocenters. The van der Waals surface area contributed by atoms with E-state index in [0.717, 1.165) is 0 Å². The average molecular weight is 282 g/mol. The molecular weight excluding hydrogens is 248 g/mol. The highest BCUT2D eigenvalue weighted by Gasteiger charge is 2.14. The van der Waals surface area contributed by atoms with Crippen LogP contribution in [0, 0.1) is 27.7 Å². The zero-order valence-electron chi connectivity index (χ0n) is 12.9. The summed E-state index contributed by atoms with van der Waals surface area (Å²) in [5, 5.41) is 0. The molecule has 4 heteroatoms. The molecule has 0 aromatic carbocycles. The van der Waals surface area contributed by atoms with Crippen LogP contribution >= 0.6 is 0 Å². The highest BCUT2D eigenvalue weighted by molar-refractivity contribution is 5.05. The summed E-state index contributed by atoms with van der Waals surface area (Å²) < 4.78 is 8.57. The van der Waals surface area contributed by atoms with Crippen molar-refractivity contribution in [2.45, 2.75) is 42.5 Å². The first-order chi connectivity index (χ1) is 8.27. The minimum atomic E-state index is 0. The third kappa shape index (κ3) is 3.95. The molecule has 0 aliphatic heterocycles. The van der Waals surface area contributed by atoms with Crippen LogP contribution < -0.4 is 9.13 Å². The number of nitrogens with zero attached hydrogens (tertiary/aromatic N) is 4. The zero-order valence-corrected chi connectivity index (χ0v) is 12.9. The van der Waals surface area contributed by atoms with Crippen LogP contribution in [0.25, 0.3) is 0 Å². The van der Waals surface area contributed by atoms with Crippen molar-refractivity contribution in [2.75, 3.05) is 0 Å². The smallest absolute Gasteiger partial charge is 0.237 e. The Morgan fingerprint density at radius 3 is 1.50 bits per heavy atom. The summed E-state index contributed by atoms with van der Waals surface area (Å²) in [7, 11) is 8.26. The van der Waals surface area contributed by atoms with E-state index in [9.17, 15) is 0 Å². The molecule has 0 aliphatic carbocycles. The van der Waals surface area contributed by atoms with E-state index >= 15 is 0 Å². The second kappa shape index (κ2) is 7.88. The zero-order chi connectivity index (χ0) is 14.0. The lowest BCUT2D eigenvalue weighted by atomic mass is 10.4. The van der Waals surface area contributed by atoms with Crippen molar-refractivity contribution in [1.29, 1.82) is 0 Å². The maximum absolute atomic E-state index is 2.20. The third-order valence-electron chi connectivity index (χ3n) is 4.04. The van der Waals surface area contributed by atoms with Crippen LogP contribution in [0.1, 0.15) is 37.9 Å². The molecule has 0 bridgehead atoms. The summed E-state index contributed by atoms with van der Waals surface area (Å²) in [5.41, 5.74) is 2.69. The molecule has 0 aliphatic rings. The van der Waals surface area contributed by atoms with Gasteiger partial charge in [-0.2, -0.15) is 0 Å². The van der Waals surface area contributed by atoms with Crippen molar-refractivity contribution < 1.29 is 9.13 Å². The molecule has 2 aromatic rings. The second-order valence-corrected chi connectivity index (χ2v) is 4.90. The van der Waals surface area contributed by atoms with Gasteiger partial charge >= 0.3 is 0 Å². The van der Waals surface area contributed by atoms with Gasteiger partial charge in [-0.1, -0.05) is 14.9 Å². The molecule has 0 radical (unpaired) electrons. The Balaban J connectivity index is 0. The van der Waals surface area contributed by atoms with Crippen LogP contribution in [-0.2, 0) is 28.2 Å². The lowest BCUT2D eigenvalue weighted by molar-refractivity contribution is -0.683. The molecule has 2 rings (SSSR count). The largest absolute Gasteiger partial charge is 0.253 e. The van der Waals surface area contributed by atoms with Crippen LogP contribution in [0.3, 0.4) is 0 Å². The van der Waals surface area contributed by atoms with Crippen molar-refractivity contribution in [3.05, 3.63) is 35.4 Å². The topological polar surface area (TPSA) is 17.6 Å². The number of rotatable bonds is 0. The molecule has 0 amide bonds. The highest BCUT2D eigenvalue weighted by atomic mass is 15.1. The Bertz CT molecular complexity index is 448. The first-order valence-electron chi connectivity index (χ1n) is 6.23. The standard InChI is InChI=1S/C8H15N2.C6H11N2.2CH4/c1-6-7(2)10(5)8(3)9(6)4;1-6-7(2)4-5-8(6)3;;/h1-5H3;4-5H,1-3H3;2*1H4/q2*+1;;. The molecule has 0 fully saturated rings. The first-order valence-corrected chi connectivity index (χ1v) is 6.23. The quantitative estimate of drug-likeness (QED) is 0.659. The molecule has 4 nitrogen and oxygen atoms in total. The highest BCUT2D eigenvalue weighted by Crippen LogP contribution is 2.02. The molecule has 0 saturated carbocycles. The fourth-order valence-corrected chi connectivity index (χ4v) is 1.86. The van der Waals surface area contributed by atoms with Crippen molar-refractivity contribution in [3.8, 4) is 0 Å². The SMILES string of the molecule is C.C.Cc1c(C)[n+](C)c(C)n1C.Cc1n(C)cc[n+]1C. The van der Waals surface area contributed by atoms with E-state index in [1.165, 1.54) is 23.0 Å². The van der Waals surface area contributed by atoms with Gasteiger partial charge in [-0.3, -0.25) is 0 Å². The maximum Gasteiger partial charge on any atom is 0.253 e. The Hall–Kier alpha value is -1.58. The van der Waals surface area contributed by atoms with Crippen LogP contribution in [0.4, 0.5) is 0 Å². The van der Waals surface area contributed by atoms with Gasteiger partial charge in [0.1, 0.15) is 23.8 Å².